The topological polar surface area (TPSA) is 42.2 Å². The molecule has 20 heavy (non-hydrogen) atoms. The SMILES string of the molecule is CCCCNC(=O)c1cc(-c2ccc(F)cc2)oc1C. The quantitative estimate of drug-likeness (QED) is 0.840. The summed E-state index contributed by atoms with van der Waals surface area (Å²) in [4.78, 5) is 12.0. The van der Waals surface area contributed by atoms with Gasteiger partial charge in [0.15, 0.2) is 0 Å². The minimum Gasteiger partial charge on any atom is -0.461 e. The van der Waals surface area contributed by atoms with Crippen molar-refractivity contribution in [2.45, 2.75) is 26.7 Å². The molecule has 0 aliphatic carbocycles. The first-order chi connectivity index (χ1) is 9.61. The van der Waals surface area contributed by atoms with Gasteiger partial charge in [0.25, 0.3) is 5.91 Å². The average Bonchev–Trinajstić information content (AvgIpc) is 2.82. The molecule has 1 aromatic heterocycles. The Bertz CT molecular complexity index is 587. The Labute approximate surface area is 117 Å². The Balaban J connectivity index is 2.16. The molecule has 0 radical (unpaired) electrons. The number of carbonyl (C=O) groups excluding carboxylic acids is 1. The van der Waals surface area contributed by atoms with Crippen LogP contribution in [-0.4, -0.2) is 12.5 Å². The third-order valence-electron chi connectivity index (χ3n) is 3.11. The molecule has 0 aliphatic rings. The van der Waals surface area contributed by atoms with Crippen LogP contribution in [0.15, 0.2) is 34.7 Å². The molecular weight excluding hydrogens is 257 g/mol. The van der Waals surface area contributed by atoms with Crippen LogP contribution in [0, 0.1) is 12.7 Å². The maximum atomic E-state index is 12.9. The molecule has 1 aromatic carbocycles. The second kappa shape index (κ2) is 6.37. The van der Waals surface area contributed by atoms with E-state index in [9.17, 15) is 9.18 Å². The van der Waals surface area contributed by atoms with Gasteiger partial charge in [-0.05, 0) is 43.7 Å². The van der Waals surface area contributed by atoms with Crippen LogP contribution >= 0.6 is 0 Å². The van der Waals surface area contributed by atoms with E-state index in [2.05, 4.69) is 12.2 Å². The number of rotatable bonds is 5. The molecular formula is C16H18FNO2. The van der Waals surface area contributed by atoms with Crippen molar-refractivity contribution >= 4 is 5.91 Å². The molecule has 1 N–H and O–H groups in total. The fourth-order valence-electron chi connectivity index (χ4n) is 1.94. The fourth-order valence-corrected chi connectivity index (χ4v) is 1.94. The number of aryl methyl sites for hydroxylation is 1. The van der Waals surface area contributed by atoms with Gasteiger partial charge in [-0.1, -0.05) is 13.3 Å². The number of furan rings is 1. The predicted octanol–water partition coefficient (Wildman–Crippen LogP) is 3.92. The Morgan fingerprint density at radius 2 is 2.00 bits per heavy atom. The van der Waals surface area contributed by atoms with Crippen LogP contribution in [0.25, 0.3) is 11.3 Å². The van der Waals surface area contributed by atoms with E-state index in [1.165, 1.54) is 12.1 Å². The number of carbonyl (C=O) groups is 1. The molecule has 0 saturated heterocycles. The van der Waals surface area contributed by atoms with Crippen LogP contribution in [0.5, 0.6) is 0 Å². The molecule has 1 amide bonds. The zero-order chi connectivity index (χ0) is 14.5. The first kappa shape index (κ1) is 14.3. The predicted molar refractivity (Wildman–Crippen MR) is 76.1 cm³/mol. The third kappa shape index (κ3) is 3.26. The molecule has 4 heteroatoms. The van der Waals surface area contributed by atoms with Gasteiger partial charge < -0.3 is 9.73 Å². The highest BCUT2D eigenvalue weighted by molar-refractivity contribution is 5.96. The Morgan fingerprint density at radius 3 is 2.65 bits per heavy atom. The first-order valence-corrected chi connectivity index (χ1v) is 6.76. The van der Waals surface area contributed by atoms with E-state index in [1.807, 2.05) is 0 Å². The highest BCUT2D eigenvalue weighted by Crippen LogP contribution is 2.25. The summed E-state index contributed by atoms with van der Waals surface area (Å²) in [6.45, 7) is 4.48. The maximum absolute atomic E-state index is 12.9. The fraction of sp³-hybridized carbons (Fsp3) is 0.312. The van der Waals surface area contributed by atoms with Gasteiger partial charge in [0.05, 0.1) is 5.56 Å². The van der Waals surface area contributed by atoms with Crippen LogP contribution in [0.2, 0.25) is 0 Å². The normalized spacial score (nSPS) is 10.6. The van der Waals surface area contributed by atoms with Gasteiger partial charge in [-0.2, -0.15) is 0 Å². The number of halogens is 1. The standard InChI is InChI=1S/C16H18FNO2/c1-3-4-9-18-16(19)14-10-15(20-11(14)2)12-5-7-13(17)8-6-12/h5-8,10H,3-4,9H2,1-2H3,(H,18,19). The first-order valence-electron chi connectivity index (χ1n) is 6.76. The molecule has 0 atom stereocenters. The van der Waals surface area contributed by atoms with E-state index in [-0.39, 0.29) is 11.7 Å². The van der Waals surface area contributed by atoms with Gasteiger partial charge in [0.2, 0.25) is 0 Å². The molecule has 2 rings (SSSR count). The minimum atomic E-state index is -0.297. The van der Waals surface area contributed by atoms with Crippen LogP contribution in [0.1, 0.15) is 35.9 Å². The van der Waals surface area contributed by atoms with Gasteiger partial charge in [-0.3, -0.25) is 4.79 Å². The second-order valence-corrected chi connectivity index (χ2v) is 4.70. The molecule has 0 aliphatic heterocycles. The number of unbranched alkanes of at least 4 members (excludes halogenated alkanes) is 1. The smallest absolute Gasteiger partial charge is 0.254 e. The van der Waals surface area contributed by atoms with Crippen molar-refractivity contribution in [3.05, 3.63) is 47.5 Å². The monoisotopic (exact) mass is 275 g/mol. The van der Waals surface area contributed by atoms with Crippen LogP contribution in [-0.2, 0) is 0 Å². The van der Waals surface area contributed by atoms with Crippen LogP contribution in [0.4, 0.5) is 4.39 Å². The van der Waals surface area contributed by atoms with Crippen molar-refractivity contribution in [3.8, 4) is 11.3 Å². The summed E-state index contributed by atoms with van der Waals surface area (Å²) in [7, 11) is 0. The van der Waals surface area contributed by atoms with Crippen molar-refractivity contribution in [2.75, 3.05) is 6.54 Å². The molecule has 0 unspecified atom stereocenters. The molecule has 3 nitrogen and oxygen atoms in total. The van der Waals surface area contributed by atoms with E-state index in [0.29, 0.717) is 23.6 Å². The lowest BCUT2D eigenvalue weighted by Crippen LogP contribution is -2.24. The van der Waals surface area contributed by atoms with Gasteiger partial charge in [-0.15, -0.1) is 0 Å². The number of amides is 1. The van der Waals surface area contributed by atoms with Crippen molar-refractivity contribution < 1.29 is 13.6 Å². The number of benzene rings is 1. The molecule has 1 heterocycles. The summed E-state index contributed by atoms with van der Waals surface area (Å²) in [5.74, 6) is 0.712. The minimum absolute atomic E-state index is 0.131. The van der Waals surface area contributed by atoms with Crippen molar-refractivity contribution in [1.82, 2.24) is 5.32 Å². The number of nitrogens with one attached hydrogen (secondary N) is 1. The number of hydrogen-bond acceptors (Lipinski definition) is 2. The number of hydrogen-bond donors (Lipinski definition) is 1. The van der Waals surface area contributed by atoms with E-state index in [0.717, 1.165) is 18.4 Å². The molecule has 0 spiro atoms. The van der Waals surface area contributed by atoms with Crippen LogP contribution < -0.4 is 5.32 Å². The summed E-state index contributed by atoms with van der Waals surface area (Å²) >= 11 is 0. The van der Waals surface area contributed by atoms with E-state index in [1.54, 1.807) is 25.1 Å². The second-order valence-electron chi connectivity index (χ2n) is 4.70. The largest absolute Gasteiger partial charge is 0.461 e. The summed E-state index contributed by atoms with van der Waals surface area (Å²) < 4.78 is 18.5. The van der Waals surface area contributed by atoms with Gasteiger partial charge in [0.1, 0.15) is 17.3 Å². The van der Waals surface area contributed by atoms with Gasteiger partial charge in [-0.25, -0.2) is 4.39 Å². The Kier molecular flexibility index (Phi) is 4.56. The summed E-state index contributed by atoms with van der Waals surface area (Å²) in [6, 6.07) is 7.70. The lowest BCUT2D eigenvalue weighted by Gasteiger charge is -2.01. The summed E-state index contributed by atoms with van der Waals surface area (Å²) in [6.07, 6.45) is 1.99. The molecule has 0 fully saturated rings. The molecule has 0 bridgehead atoms. The Morgan fingerprint density at radius 1 is 1.30 bits per heavy atom. The highest BCUT2D eigenvalue weighted by Gasteiger charge is 2.15. The zero-order valence-corrected chi connectivity index (χ0v) is 11.7. The van der Waals surface area contributed by atoms with Crippen molar-refractivity contribution in [1.29, 1.82) is 0 Å². The van der Waals surface area contributed by atoms with E-state index in [4.69, 9.17) is 4.42 Å². The van der Waals surface area contributed by atoms with Gasteiger partial charge >= 0.3 is 0 Å². The van der Waals surface area contributed by atoms with E-state index >= 15 is 0 Å². The Hall–Kier alpha value is -2.10. The third-order valence-corrected chi connectivity index (χ3v) is 3.11. The lowest BCUT2D eigenvalue weighted by molar-refractivity contribution is 0.0951. The molecule has 2 aromatic rings. The lowest BCUT2D eigenvalue weighted by atomic mass is 10.1. The molecule has 106 valence electrons. The maximum Gasteiger partial charge on any atom is 0.254 e. The highest BCUT2D eigenvalue weighted by atomic mass is 19.1. The van der Waals surface area contributed by atoms with Crippen molar-refractivity contribution in [3.63, 3.8) is 0 Å². The average molecular weight is 275 g/mol. The zero-order valence-electron chi connectivity index (χ0n) is 11.7. The molecule has 0 saturated carbocycles. The summed E-state index contributed by atoms with van der Waals surface area (Å²) in [5.41, 5.74) is 1.28. The van der Waals surface area contributed by atoms with Crippen molar-refractivity contribution in [2.24, 2.45) is 0 Å². The van der Waals surface area contributed by atoms with E-state index < -0.39 is 0 Å². The summed E-state index contributed by atoms with van der Waals surface area (Å²) in [5, 5.41) is 2.86. The van der Waals surface area contributed by atoms with Gasteiger partial charge in [0, 0.05) is 12.1 Å². The van der Waals surface area contributed by atoms with Crippen LogP contribution in [0.3, 0.4) is 0 Å².